The minimum atomic E-state index is 0.164. The van der Waals surface area contributed by atoms with Gasteiger partial charge in [-0.2, -0.15) is 0 Å². The zero-order valence-electron chi connectivity index (χ0n) is 15.6. The zero-order chi connectivity index (χ0) is 20.1. The van der Waals surface area contributed by atoms with Crippen LogP contribution in [0.3, 0.4) is 0 Å². The van der Waals surface area contributed by atoms with Crippen LogP contribution in [-0.2, 0) is 4.84 Å². The summed E-state index contributed by atoms with van der Waals surface area (Å²) in [5, 5.41) is 4.40. The van der Waals surface area contributed by atoms with E-state index in [0.29, 0.717) is 29.7 Å². The maximum atomic E-state index is 6.28. The largest absolute Gasteiger partial charge is 0.491 e. The Kier molecular flexibility index (Phi) is 13.0. The molecular weight excluding hydrogens is 476 g/mol. The first kappa shape index (κ1) is 24.4. The van der Waals surface area contributed by atoms with Gasteiger partial charge in [-0.25, -0.2) is 0 Å². The van der Waals surface area contributed by atoms with E-state index in [0.717, 1.165) is 42.3 Å². The van der Waals surface area contributed by atoms with Crippen LogP contribution in [-0.4, -0.2) is 25.5 Å². The fourth-order valence-electron chi connectivity index (χ4n) is 2.11. The number of hydrogen-bond acceptors (Lipinski definition) is 4. The van der Waals surface area contributed by atoms with E-state index in [1.165, 1.54) is 0 Å². The highest BCUT2D eigenvalue weighted by Crippen LogP contribution is 2.37. The standard InChI is InChI=1S/C19H25BrCl3NO3/c1-14(2)24-27-10-7-5-3-4-6-9-26-19-16(20)12-15(13-17(19)21)25-11-8-18(22)23/h8,12-13H,3-7,9-11H2,1-2H3. The van der Waals surface area contributed by atoms with Gasteiger partial charge in [-0.1, -0.05) is 52.8 Å². The summed E-state index contributed by atoms with van der Waals surface area (Å²) in [6, 6.07) is 3.51. The van der Waals surface area contributed by atoms with Gasteiger partial charge in [0.15, 0.2) is 5.75 Å². The lowest BCUT2D eigenvalue weighted by molar-refractivity contribution is 0.139. The van der Waals surface area contributed by atoms with Gasteiger partial charge in [0, 0.05) is 6.07 Å². The molecule has 0 saturated carbocycles. The fourth-order valence-corrected chi connectivity index (χ4v) is 3.16. The number of oxime groups is 1. The van der Waals surface area contributed by atoms with E-state index >= 15 is 0 Å². The van der Waals surface area contributed by atoms with Gasteiger partial charge in [-0.15, -0.1) is 0 Å². The van der Waals surface area contributed by atoms with Crippen LogP contribution in [0.2, 0.25) is 5.02 Å². The topological polar surface area (TPSA) is 40.0 Å². The normalized spacial score (nSPS) is 10.3. The van der Waals surface area contributed by atoms with Crippen LogP contribution in [0.5, 0.6) is 11.5 Å². The van der Waals surface area contributed by atoms with Crippen molar-refractivity contribution in [3.8, 4) is 11.5 Å². The van der Waals surface area contributed by atoms with Gasteiger partial charge < -0.3 is 14.3 Å². The van der Waals surface area contributed by atoms with Crippen molar-refractivity contribution >= 4 is 56.4 Å². The van der Waals surface area contributed by atoms with Crippen LogP contribution in [0.25, 0.3) is 0 Å². The average Bonchev–Trinajstić information content (AvgIpc) is 2.58. The smallest absolute Gasteiger partial charge is 0.152 e. The lowest BCUT2D eigenvalue weighted by atomic mass is 10.1. The van der Waals surface area contributed by atoms with Crippen molar-refractivity contribution in [2.75, 3.05) is 19.8 Å². The summed E-state index contributed by atoms with van der Waals surface area (Å²) in [5.41, 5.74) is 0.938. The predicted octanol–water partition coefficient (Wildman–Crippen LogP) is 7.54. The maximum Gasteiger partial charge on any atom is 0.152 e. The monoisotopic (exact) mass is 499 g/mol. The third-order valence-corrected chi connectivity index (χ3v) is 4.51. The second-order valence-electron chi connectivity index (χ2n) is 6.01. The number of ether oxygens (including phenoxy) is 2. The van der Waals surface area contributed by atoms with Crippen molar-refractivity contribution in [3.05, 3.63) is 32.2 Å². The van der Waals surface area contributed by atoms with Crippen molar-refractivity contribution in [1.82, 2.24) is 0 Å². The van der Waals surface area contributed by atoms with Gasteiger partial charge in [0.05, 0.1) is 21.8 Å². The summed E-state index contributed by atoms with van der Waals surface area (Å²) >= 11 is 20.8. The van der Waals surface area contributed by atoms with Crippen LogP contribution in [0.1, 0.15) is 46.0 Å². The molecule has 0 aliphatic heterocycles. The Morgan fingerprint density at radius 3 is 2.33 bits per heavy atom. The molecule has 0 atom stereocenters. The molecule has 27 heavy (non-hydrogen) atoms. The second kappa shape index (κ2) is 14.4. The molecule has 4 nitrogen and oxygen atoms in total. The number of benzene rings is 1. The molecule has 0 amide bonds. The molecule has 1 aromatic carbocycles. The van der Waals surface area contributed by atoms with Crippen LogP contribution >= 0.6 is 50.7 Å². The molecule has 152 valence electrons. The molecule has 0 aromatic heterocycles. The Balaban J connectivity index is 2.24. The summed E-state index contributed by atoms with van der Waals surface area (Å²) in [6.45, 7) is 5.38. The van der Waals surface area contributed by atoms with Crippen molar-refractivity contribution < 1.29 is 14.3 Å². The molecule has 0 radical (unpaired) electrons. The lowest BCUT2D eigenvalue weighted by Crippen LogP contribution is -2.00. The van der Waals surface area contributed by atoms with E-state index in [9.17, 15) is 0 Å². The van der Waals surface area contributed by atoms with Crippen LogP contribution < -0.4 is 9.47 Å². The molecular formula is C19H25BrCl3NO3. The molecule has 0 aliphatic rings. The first-order chi connectivity index (χ1) is 12.9. The predicted molar refractivity (Wildman–Crippen MR) is 118 cm³/mol. The molecule has 0 heterocycles. The number of rotatable bonds is 13. The third kappa shape index (κ3) is 11.7. The van der Waals surface area contributed by atoms with E-state index in [1.807, 2.05) is 13.8 Å². The maximum absolute atomic E-state index is 6.28. The lowest BCUT2D eigenvalue weighted by Gasteiger charge is -2.12. The summed E-state index contributed by atoms with van der Waals surface area (Å²) in [5.74, 6) is 1.23. The summed E-state index contributed by atoms with van der Waals surface area (Å²) in [6.07, 6.45) is 6.89. The van der Waals surface area contributed by atoms with Gasteiger partial charge >= 0.3 is 0 Å². The second-order valence-corrected chi connectivity index (χ2v) is 8.28. The number of nitrogens with zero attached hydrogens (tertiary/aromatic N) is 1. The molecule has 1 rings (SSSR count). The molecule has 0 bridgehead atoms. The van der Waals surface area contributed by atoms with Crippen molar-refractivity contribution in [2.45, 2.75) is 46.0 Å². The van der Waals surface area contributed by atoms with E-state index in [-0.39, 0.29) is 11.1 Å². The quantitative estimate of drug-likeness (QED) is 0.159. The molecule has 0 aliphatic carbocycles. The van der Waals surface area contributed by atoms with Gasteiger partial charge in [-0.3, -0.25) is 0 Å². The highest BCUT2D eigenvalue weighted by molar-refractivity contribution is 9.10. The number of halogens is 4. The fraction of sp³-hybridized carbons (Fsp3) is 0.526. The highest BCUT2D eigenvalue weighted by atomic mass is 79.9. The van der Waals surface area contributed by atoms with Crippen molar-refractivity contribution in [1.29, 1.82) is 0 Å². The minimum Gasteiger partial charge on any atom is -0.491 e. The Morgan fingerprint density at radius 2 is 1.70 bits per heavy atom. The zero-order valence-corrected chi connectivity index (χ0v) is 19.4. The van der Waals surface area contributed by atoms with Crippen LogP contribution in [0, 0.1) is 0 Å². The van der Waals surface area contributed by atoms with Gasteiger partial charge in [0.2, 0.25) is 0 Å². The van der Waals surface area contributed by atoms with E-state index < -0.39 is 0 Å². The first-order valence-corrected chi connectivity index (χ1v) is 10.7. The molecule has 0 N–H and O–H groups in total. The van der Waals surface area contributed by atoms with Crippen molar-refractivity contribution in [3.63, 3.8) is 0 Å². The number of unbranched alkanes of at least 4 members (excludes halogenated alkanes) is 4. The van der Waals surface area contributed by atoms with Crippen molar-refractivity contribution in [2.24, 2.45) is 5.16 Å². The minimum absolute atomic E-state index is 0.164. The SMILES string of the molecule is CC(C)=NOCCCCCCCOc1c(Cl)cc(OCC=C(Cl)Cl)cc1Br. The van der Waals surface area contributed by atoms with Gasteiger partial charge in [-0.05, 0) is 61.2 Å². The summed E-state index contributed by atoms with van der Waals surface area (Å²) in [7, 11) is 0. The first-order valence-electron chi connectivity index (χ1n) is 8.79. The summed E-state index contributed by atoms with van der Waals surface area (Å²) < 4.78 is 12.2. The van der Waals surface area contributed by atoms with E-state index in [2.05, 4.69) is 21.1 Å². The van der Waals surface area contributed by atoms with Gasteiger partial charge in [0.1, 0.15) is 23.5 Å². The summed E-state index contributed by atoms with van der Waals surface area (Å²) in [4.78, 5) is 5.17. The molecule has 0 unspecified atom stereocenters. The molecule has 1 aromatic rings. The Bertz CT molecular complexity index is 608. The van der Waals surface area contributed by atoms with E-state index in [4.69, 9.17) is 49.1 Å². The third-order valence-electron chi connectivity index (χ3n) is 3.33. The van der Waals surface area contributed by atoms with Crippen LogP contribution in [0.4, 0.5) is 0 Å². The average molecular weight is 502 g/mol. The molecule has 8 heteroatoms. The molecule has 0 saturated heterocycles. The van der Waals surface area contributed by atoms with Gasteiger partial charge in [0.25, 0.3) is 0 Å². The Labute approximate surface area is 184 Å². The Hall–Kier alpha value is -0.620. The van der Waals surface area contributed by atoms with Crippen LogP contribution in [0.15, 0.2) is 32.3 Å². The molecule has 0 fully saturated rings. The van der Waals surface area contributed by atoms with E-state index in [1.54, 1.807) is 18.2 Å². The Morgan fingerprint density at radius 1 is 1.04 bits per heavy atom. The molecule has 0 spiro atoms. The number of hydrogen-bond donors (Lipinski definition) is 0. The highest BCUT2D eigenvalue weighted by Gasteiger charge is 2.10.